The summed E-state index contributed by atoms with van der Waals surface area (Å²) in [7, 11) is 1.59. The molecule has 29 heavy (non-hydrogen) atoms. The zero-order valence-corrected chi connectivity index (χ0v) is 15.9. The Balaban J connectivity index is 1.79. The molecular formula is C24H20FNO3. The normalized spacial score (nSPS) is 16.4. The summed E-state index contributed by atoms with van der Waals surface area (Å²) in [4.78, 5) is 14.6. The number of ether oxygens (including phenoxy) is 1. The number of aliphatic hydroxyl groups excluding tert-OH is 1. The SMILES string of the molecule is COc1cccc(CN2C(=O)C(O)=C(c3ccc(F)cc3)[C@@H]2c2ccccc2)c1. The van der Waals surface area contributed by atoms with Crippen molar-refractivity contribution in [1.82, 2.24) is 4.90 Å². The molecule has 3 aromatic rings. The number of amides is 1. The highest BCUT2D eigenvalue weighted by molar-refractivity contribution is 6.05. The lowest BCUT2D eigenvalue weighted by molar-refractivity contribution is -0.130. The Morgan fingerprint density at radius 2 is 1.72 bits per heavy atom. The van der Waals surface area contributed by atoms with Crippen LogP contribution in [-0.4, -0.2) is 23.0 Å². The number of hydrogen-bond donors (Lipinski definition) is 1. The molecule has 1 N–H and O–H groups in total. The van der Waals surface area contributed by atoms with E-state index in [-0.39, 0.29) is 11.6 Å². The van der Waals surface area contributed by atoms with Crippen LogP contribution < -0.4 is 4.74 Å². The molecule has 1 atom stereocenters. The number of carbonyl (C=O) groups is 1. The maximum Gasteiger partial charge on any atom is 0.290 e. The second kappa shape index (κ2) is 7.80. The van der Waals surface area contributed by atoms with E-state index in [0.29, 0.717) is 23.4 Å². The summed E-state index contributed by atoms with van der Waals surface area (Å²) in [6.45, 7) is 0.296. The van der Waals surface area contributed by atoms with Crippen LogP contribution >= 0.6 is 0 Å². The van der Waals surface area contributed by atoms with E-state index in [1.165, 1.54) is 12.1 Å². The Hall–Kier alpha value is -3.60. The molecule has 0 spiro atoms. The van der Waals surface area contributed by atoms with Crippen molar-refractivity contribution < 1.29 is 19.0 Å². The zero-order valence-electron chi connectivity index (χ0n) is 15.9. The standard InChI is InChI=1S/C24H20FNO3/c1-29-20-9-5-6-16(14-20)15-26-22(18-7-3-2-4-8-18)21(23(27)24(26)28)17-10-12-19(25)13-11-17/h2-14,22,27H,15H2,1H3/t22-/m0/s1. The van der Waals surface area contributed by atoms with Crippen LogP contribution in [0.5, 0.6) is 5.75 Å². The van der Waals surface area contributed by atoms with E-state index in [2.05, 4.69) is 0 Å². The van der Waals surface area contributed by atoms with Gasteiger partial charge < -0.3 is 14.7 Å². The van der Waals surface area contributed by atoms with Crippen molar-refractivity contribution >= 4 is 11.5 Å². The lowest BCUT2D eigenvalue weighted by Gasteiger charge is -2.27. The van der Waals surface area contributed by atoms with Gasteiger partial charge in [-0.1, -0.05) is 54.6 Å². The number of carbonyl (C=O) groups excluding carboxylic acids is 1. The van der Waals surface area contributed by atoms with Gasteiger partial charge in [0.15, 0.2) is 5.76 Å². The number of benzene rings is 3. The monoisotopic (exact) mass is 389 g/mol. The van der Waals surface area contributed by atoms with Crippen LogP contribution in [0.3, 0.4) is 0 Å². The van der Waals surface area contributed by atoms with E-state index in [1.54, 1.807) is 24.1 Å². The fraction of sp³-hybridized carbons (Fsp3) is 0.125. The molecule has 5 heteroatoms. The van der Waals surface area contributed by atoms with Crippen LogP contribution in [0.1, 0.15) is 22.7 Å². The van der Waals surface area contributed by atoms with Crippen molar-refractivity contribution in [2.75, 3.05) is 7.11 Å². The quantitative estimate of drug-likeness (QED) is 0.676. The van der Waals surface area contributed by atoms with Gasteiger partial charge in [-0.2, -0.15) is 0 Å². The fourth-order valence-electron chi connectivity index (χ4n) is 3.69. The van der Waals surface area contributed by atoms with Gasteiger partial charge in [0.2, 0.25) is 0 Å². The molecule has 0 fully saturated rings. The Morgan fingerprint density at radius 3 is 2.41 bits per heavy atom. The molecule has 0 aromatic heterocycles. The summed E-state index contributed by atoms with van der Waals surface area (Å²) in [6.07, 6.45) is 0. The second-order valence-corrected chi connectivity index (χ2v) is 6.87. The highest BCUT2D eigenvalue weighted by Crippen LogP contribution is 2.43. The van der Waals surface area contributed by atoms with Crippen molar-refractivity contribution in [3.05, 3.63) is 107 Å². The Kier molecular flexibility index (Phi) is 5.04. The molecule has 1 aliphatic rings. The fourth-order valence-corrected chi connectivity index (χ4v) is 3.69. The van der Waals surface area contributed by atoms with E-state index in [0.717, 1.165) is 11.1 Å². The molecule has 1 heterocycles. The topological polar surface area (TPSA) is 49.8 Å². The van der Waals surface area contributed by atoms with Gasteiger partial charge in [-0.3, -0.25) is 4.79 Å². The van der Waals surface area contributed by atoms with Crippen molar-refractivity contribution in [3.63, 3.8) is 0 Å². The van der Waals surface area contributed by atoms with E-state index in [4.69, 9.17) is 4.74 Å². The molecule has 4 rings (SSSR count). The van der Waals surface area contributed by atoms with E-state index in [9.17, 15) is 14.3 Å². The first kappa shape index (κ1) is 18.7. The lowest BCUT2D eigenvalue weighted by Crippen LogP contribution is -2.29. The first-order valence-electron chi connectivity index (χ1n) is 9.26. The van der Waals surface area contributed by atoms with E-state index < -0.39 is 11.9 Å². The maximum absolute atomic E-state index is 13.4. The van der Waals surface area contributed by atoms with Gasteiger partial charge in [0.05, 0.1) is 13.2 Å². The molecule has 0 radical (unpaired) electrons. The summed E-state index contributed by atoms with van der Waals surface area (Å²) in [5, 5.41) is 10.7. The summed E-state index contributed by atoms with van der Waals surface area (Å²) < 4.78 is 18.7. The van der Waals surface area contributed by atoms with Crippen LogP contribution in [0.2, 0.25) is 0 Å². The third-order valence-electron chi connectivity index (χ3n) is 5.06. The van der Waals surface area contributed by atoms with Gasteiger partial charge in [0.25, 0.3) is 5.91 Å². The van der Waals surface area contributed by atoms with Crippen molar-refractivity contribution in [2.45, 2.75) is 12.6 Å². The molecule has 4 nitrogen and oxygen atoms in total. The molecule has 0 bridgehead atoms. The molecule has 3 aromatic carbocycles. The average molecular weight is 389 g/mol. The average Bonchev–Trinajstić information content (AvgIpc) is 3.00. The maximum atomic E-state index is 13.4. The molecule has 0 unspecified atom stereocenters. The Morgan fingerprint density at radius 1 is 1.00 bits per heavy atom. The third kappa shape index (κ3) is 3.59. The zero-order chi connectivity index (χ0) is 20.4. The number of rotatable bonds is 5. The van der Waals surface area contributed by atoms with Crippen LogP contribution in [0.4, 0.5) is 4.39 Å². The molecule has 0 aliphatic carbocycles. The van der Waals surface area contributed by atoms with Gasteiger partial charge in [-0.15, -0.1) is 0 Å². The predicted molar refractivity (Wildman–Crippen MR) is 109 cm³/mol. The van der Waals surface area contributed by atoms with Gasteiger partial charge in [0, 0.05) is 12.1 Å². The van der Waals surface area contributed by atoms with Gasteiger partial charge in [0.1, 0.15) is 11.6 Å². The molecule has 0 saturated heterocycles. The van der Waals surface area contributed by atoms with Crippen molar-refractivity contribution in [1.29, 1.82) is 0 Å². The summed E-state index contributed by atoms with van der Waals surface area (Å²) in [5.74, 6) is -0.446. The van der Waals surface area contributed by atoms with E-state index in [1.807, 2.05) is 54.6 Å². The van der Waals surface area contributed by atoms with Crippen LogP contribution in [0.25, 0.3) is 5.57 Å². The first-order valence-corrected chi connectivity index (χ1v) is 9.26. The Bertz CT molecular complexity index is 1060. The van der Waals surface area contributed by atoms with Crippen LogP contribution in [0, 0.1) is 5.82 Å². The second-order valence-electron chi connectivity index (χ2n) is 6.87. The molecule has 1 aliphatic heterocycles. The predicted octanol–water partition coefficient (Wildman–Crippen LogP) is 4.89. The molecule has 146 valence electrons. The highest BCUT2D eigenvalue weighted by atomic mass is 19.1. The highest BCUT2D eigenvalue weighted by Gasteiger charge is 2.40. The minimum absolute atomic E-state index is 0.296. The number of hydrogen-bond acceptors (Lipinski definition) is 3. The van der Waals surface area contributed by atoms with E-state index >= 15 is 0 Å². The minimum atomic E-state index is -0.486. The summed E-state index contributed by atoms with van der Waals surface area (Å²) >= 11 is 0. The lowest BCUT2D eigenvalue weighted by atomic mass is 9.93. The third-order valence-corrected chi connectivity index (χ3v) is 5.06. The van der Waals surface area contributed by atoms with Gasteiger partial charge >= 0.3 is 0 Å². The van der Waals surface area contributed by atoms with Crippen molar-refractivity contribution in [2.24, 2.45) is 0 Å². The van der Waals surface area contributed by atoms with Gasteiger partial charge in [-0.05, 0) is 41.0 Å². The molecule has 1 amide bonds. The number of aliphatic hydroxyl groups is 1. The molecule has 0 saturated carbocycles. The largest absolute Gasteiger partial charge is 0.503 e. The van der Waals surface area contributed by atoms with Crippen molar-refractivity contribution in [3.8, 4) is 5.75 Å². The van der Waals surface area contributed by atoms with Crippen LogP contribution in [0.15, 0.2) is 84.6 Å². The smallest absolute Gasteiger partial charge is 0.290 e. The first-order chi connectivity index (χ1) is 14.1. The summed E-state index contributed by atoms with van der Waals surface area (Å²) in [5.41, 5.74) is 2.84. The van der Waals surface area contributed by atoms with Crippen LogP contribution in [-0.2, 0) is 11.3 Å². The minimum Gasteiger partial charge on any atom is -0.503 e. The number of halogens is 1. The molecular weight excluding hydrogens is 369 g/mol. The Labute approximate surface area is 168 Å². The number of nitrogens with zero attached hydrogens (tertiary/aromatic N) is 1. The van der Waals surface area contributed by atoms with Gasteiger partial charge in [-0.25, -0.2) is 4.39 Å². The summed E-state index contributed by atoms with van der Waals surface area (Å²) in [6, 6.07) is 22.3. The number of methoxy groups -OCH3 is 1.